The van der Waals surface area contributed by atoms with Crippen LogP contribution in [0.1, 0.15) is 31.2 Å². The van der Waals surface area contributed by atoms with Crippen molar-refractivity contribution < 1.29 is 13.2 Å². The molecular weight excluding hydrogens is 321 g/mol. The highest BCUT2D eigenvalue weighted by atomic mass is 79.9. The van der Waals surface area contributed by atoms with Crippen LogP contribution in [-0.2, 0) is 6.18 Å². The van der Waals surface area contributed by atoms with Crippen molar-refractivity contribution in [1.29, 1.82) is 0 Å². The van der Waals surface area contributed by atoms with Gasteiger partial charge >= 0.3 is 6.18 Å². The zero-order chi connectivity index (χ0) is 13.6. The smallest absolute Gasteiger partial charge is 0.367 e. The maximum Gasteiger partial charge on any atom is 0.416 e. The summed E-state index contributed by atoms with van der Waals surface area (Å²) in [5.74, 6) is 1.55. The highest BCUT2D eigenvalue weighted by Crippen LogP contribution is 2.46. The number of hydrogen-bond acceptors (Lipinski definition) is 2. The van der Waals surface area contributed by atoms with Gasteiger partial charge in [-0.25, -0.2) is 4.98 Å². The highest BCUT2D eigenvalue weighted by molar-refractivity contribution is 9.10. The van der Waals surface area contributed by atoms with Crippen LogP contribution in [0.4, 0.5) is 19.0 Å². The third-order valence-electron chi connectivity index (χ3n) is 3.70. The summed E-state index contributed by atoms with van der Waals surface area (Å²) in [5.41, 5.74) is -0.665. The Morgan fingerprint density at radius 2 is 1.74 bits per heavy atom. The lowest BCUT2D eigenvalue weighted by Crippen LogP contribution is -2.25. The van der Waals surface area contributed by atoms with Crippen molar-refractivity contribution in [2.24, 2.45) is 11.8 Å². The van der Waals surface area contributed by atoms with E-state index in [0.717, 1.165) is 12.1 Å². The lowest BCUT2D eigenvalue weighted by molar-refractivity contribution is -0.137. The number of nitrogens with one attached hydrogen (secondary N) is 1. The van der Waals surface area contributed by atoms with Crippen LogP contribution in [0.5, 0.6) is 0 Å². The lowest BCUT2D eigenvalue weighted by Gasteiger charge is -2.19. The fraction of sp³-hybridized carbons (Fsp3) is 0.615. The molecule has 2 aliphatic rings. The average Bonchev–Trinajstić information content (AvgIpc) is 3.16. The van der Waals surface area contributed by atoms with Gasteiger partial charge in [-0.1, -0.05) is 0 Å². The Morgan fingerprint density at radius 1 is 1.16 bits per heavy atom. The van der Waals surface area contributed by atoms with Gasteiger partial charge < -0.3 is 5.32 Å². The molecule has 104 valence electrons. The van der Waals surface area contributed by atoms with Gasteiger partial charge in [-0.2, -0.15) is 13.2 Å². The molecule has 1 heterocycles. The van der Waals surface area contributed by atoms with Crippen molar-refractivity contribution in [3.8, 4) is 0 Å². The van der Waals surface area contributed by atoms with Crippen molar-refractivity contribution >= 4 is 21.7 Å². The Balaban J connectivity index is 1.81. The third kappa shape index (κ3) is 3.22. The summed E-state index contributed by atoms with van der Waals surface area (Å²) in [6.07, 6.45) is 0.363. The van der Waals surface area contributed by atoms with E-state index in [1.807, 2.05) is 0 Å². The number of rotatable bonds is 4. The summed E-state index contributed by atoms with van der Waals surface area (Å²) in [4.78, 5) is 4.11. The molecule has 2 aliphatic carbocycles. The summed E-state index contributed by atoms with van der Waals surface area (Å²) in [5, 5.41) is 3.22. The molecule has 0 aliphatic heterocycles. The van der Waals surface area contributed by atoms with Crippen molar-refractivity contribution in [3.63, 3.8) is 0 Å². The molecule has 0 atom stereocenters. The quantitative estimate of drug-likeness (QED) is 0.822. The predicted octanol–water partition coefficient (Wildman–Crippen LogP) is 4.46. The van der Waals surface area contributed by atoms with E-state index < -0.39 is 11.7 Å². The van der Waals surface area contributed by atoms with Crippen molar-refractivity contribution in [2.45, 2.75) is 37.9 Å². The Bertz CT molecular complexity index is 469. The standard InChI is InChI=1S/C13H14BrF3N2/c14-10-5-9(13(15,16)17)6-11(18-10)19-12(7-1-2-7)8-3-4-8/h5-8,12H,1-4H2,(H,18,19). The van der Waals surface area contributed by atoms with Gasteiger partial charge in [-0.05, 0) is 65.6 Å². The van der Waals surface area contributed by atoms with Gasteiger partial charge in [0.2, 0.25) is 0 Å². The van der Waals surface area contributed by atoms with Crippen LogP contribution in [0.3, 0.4) is 0 Å². The molecule has 2 nitrogen and oxygen atoms in total. The van der Waals surface area contributed by atoms with Gasteiger partial charge in [-0.3, -0.25) is 0 Å². The van der Waals surface area contributed by atoms with Crippen LogP contribution in [0, 0.1) is 11.8 Å². The molecule has 0 spiro atoms. The summed E-state index contributed by atoms with van der Waals surface area (Å²) in [7, 11) is 0. The first-order valence-electron chi connectivity index (χ1n) is 6.45. The number of pyridine rings is 1. The second kappa shape index (κ2) is 4.65. The topological polar surface area (TPSA) is 24.9 Å². The van der Waals surface area contributed by atoms with Crippen LogP contribution in [0.15, 0.2) is 16.7 Å². The Kier molecular flexibility index (Phi) is 3.23. The monoisotopic (exact) mass is 334 g/mol. The van der Waals surface area contributed by atoms with Crippen molar-refractivity contribution in [3.05, 3.63) is 22.3 Å². The first-order chi connectivity index (χ1) is 8.93. The summed E-state index contributed by atoms with van der Waals surface area (Å²) < 4.78 is 38.5. The second-order valence-corrected chi connectivity index (χ2v) is 6.22. The van der Waals surface area contributed by atoms with Gasteiger partial charge in [-0.15, -0.1) is 0 Å². The molecule has 6 heteroatoms. The Morgan fingerprint density at radius 3 is 2.21 bits per heavy atom. The van der Waals surface area contributed by atoms with E-state index >= 15 is 0 Å². The number of halogens is 4. The van der Waals surface area contributed by atoms with E-state index in [0.29, 0.717) is 23.7 Å². The van der Waals surface area contributed by atoms with E-state index in [-0.39, 0.29) is 4.60 Å². The van der Waals surface area contributed by atoms with Crippen LogP contribution in [-0.4, -0.2) is 11.0 Å². The fourth-order valence-electron chi connectivity index (χ4n) is 2.44. The molecule has 1 aromatic heterocycles. The van der Waals surface area contributed by atoms with Gasteiger partial charge in [0.15, 0.2) is 0 Å². The minimum absolute atomic E-state index is 0.218. The third-order valence-corrected chi connectivity index (χ3v) is 4.10. The number of anilines is 1. The van der Waals surface area contributed by atoms with Gasteiger partial charge in [0, 0.05) is 6.04 Å². The first-order valence-corrected chi connectivity index (χ1v) is 7.24. The molecule has 3 rings (SSSR count). The zero-order valence-electron chi connectivity index (χ0n) is 10.2. The number of nitrogens with zero attached hydrogens (tertiary/aromatic N) is 1. The highest BCUT2D eigenvalue weighted by Gasteiger charge is 2.42. The summed E-state index contributed by atoms with van der Waals surface area (Å²) in [6.45, 7) is 0. The predicted molar refractivity (Wildman–Crippen MR) is 69.8 cm³/mol. The molecule has 0 unspecified atom stereocenters. The van der Waals surface area contributed by atoms with E-state index in [2.05, 4.69) is 26.2 Å². The number of aromatic nitrogens is 1. The molecule has 1 N–H and O–H groups in total. The van der Waals surface area contributed by atoms with Gasteiger partial charge in [0.25, 0.3) is 0 Å². The molecular formula is C13H14BrF3N2. The largest absolute Gasteiger partial charge is 0.416 e. The Hall–Kier alpha value is -0.780. The van der Waals surface area contributed by atoms with Crippen LogP contribution >= 0.6 is 15.9 Å². The van der Waals surface area contributed by atoms with Gasteiger partial charge in [0.1, 0.15) is 10.4 Å². The molecule has 0 radical (unpaired) electrons. The van der Waals surface area contributed by atoms with E-state index in [9.17, 15) is 13.2 Å². The van der Waals surface area contributed by atoms with Crippen LogP contribution in [0.2, 0.25) is 0 Å². The molecule has 0 saturated heterocycles. The molecule has 2 fully saturated rings. The van der Waals surface area contributed by atoms with Crippen LogP contribution in [0.25, 0.3) is 0 Å². The van der Waals surface area contributed by atoms with E-state index in [1.165, 1.54) is 25.7 Å². The molecule has 19 heavy (non-hydrogen) atoms. The SMILES string of the molecule is FC(F)(F)c1cc(Br)nc(NC(C2CC2)C2CC2)c1. The minimum Gasteiger partial charge on any atom is -0.367 e. The van der Waals surface area contributed by atoms with Crippen LogP contribution < -0.4 is 5.32 Å². The van der Waals surface area contributed by atoms with E-state index in [1.54, 1.807) is 0 Å². The zero-order valence-corrected chi connectivity index (χ0v) is 11.8. The second-order valence-electron chi connectivity index (χ2n) is 5.41. The lowest BCUT2D eigenvalue weighted by atomic mass is 10.1. The summed E-state index contributed by atoms with van der Waals surface area (Å²) >= 11 is 3.05. The maximum absolute atomic E-state index is 12.8. The minimum atomic E-state index is -4.34. The molecule has 1 aromatic rings. The number of alkyl halides is 3. The van der Waals surface area contributed by atoms with Crippen molar-refractivity contribution in [2.75, 3.05) is 5.32 Å². The number of hydrogen-bond donors (Lipinski definition) is 1. The van der Waals surface area contributed by atoms with E-state index in [4.69, 9.17) is 0 Å². The fourth-order valence-corrected chi connectivity index (χ4v) is 2.87. The molecule has 0 bridgehead atoms. The van der Waals surface area contributed by atoms with Crippen molar-refractivity contribution in [1.82, 2.24) is 4.98 Å². The molecule has 0 aromatic carbocycles. The summed E-state index contributed by atoms with van der Waals surface area (Å²) in [6, 6.07) is 2.40. The first kappa shape index (κ1) is 13.2. The molecule has 2 saturated carbocycles. The maximum atomic E-state index is 12.8. The normalized spacial score (nSPS) is 19.8. The Labute approximate surface area is 117 Å². The molecule has 0 amide bonds. The average molecular weight is 335 g/mol. The van der Waals surface area contributed by atoms with Gasteiger partial charge in [0.05, 0.1) is 5.56 Å².